The van der Waals surface area contributed by atoms with Gasteiger partial charge in [0, 0.05) is 50.1 Å². The molecule has 42 heavy (non-hydrogen) atoms. The molecular formula is C30H33N7O5. The summed E-state index contributed by atoms with van der Waals surface area (Å²) in [5.41, 5.74) is 1.47. The first-order chi connectivity index (χ1) is 20.4. The van der Waals surface area contributed by atoms with Crippen LogP contribution < -0.4 is 10.1 Å². The van der Waals surface area contributed by atoms with Gasteiger partial charge in [-0.25, -0.2) is 15.0 Å². The highest BCUT2D eigenvalue weighted by Crippen LogP contribution is 2.31. The van der Waals surface area contributed by atoms with Crippen LogP contribution >= 0.6 is 0 Å². The summed E-state index contributed by atoms with van der Waals surface area (Å²) in [5.74, 6) is 0.549. The Kier molecular flexibility index (Phi) is 7.60. The zero-order valence-corrected chi connectivity index (χ0v) is 23.6. The number of imidazole rings is 1. The largest absolute Gasteiger partial charge is 0.494 e. The Morgan fingerprint density at radius 1 is 1.07 bits per heavy atom. The number of carbonyl (C=O) groups excluding carboxylic acids is 3. The topological polar surface area (TPSA) is 135 Å². The number of fused-ring (bicyclic) bond motifs is 5. The van der Waals surface area contributed by atoms with Crippen molar-refractivity contribution in [3.63, 3.8) is 0 Å². The Balaban J connectivity index is 1.26. The maximum atomic E-state index is 13.6. The summed E-state index contributed by atoms with van der Waals surface area (Å²) in [4.78, 5) is 56.6. The van der Waals surface area contributed by atoms with E-state index in [2.05, 4.69) is 20.3 Å². The van der Waals surface area contributed by atoms with Gasteiger partial charge in [0.15, 0.2) is 12.1 Å². The van der Waals surface area contributed by atoms with E-state index < -0.39 is 0 Å². The number of carbonyl (C=O) groups is 3. The van der Waals surface area contributed by atoms with Crippen molar-refractivity contribution in [2.24, 2.45) is 0 Å². The van der Waals surface area contributed by atoms with Crippen LogP contribution in [0.3, 0.4) is 0 Å². The van der Waals surface area contributed by atoms with Gasteiger partial charge in [0.25, 0.3) is 11.8 Å². The van der Waals surface area contributed by atoms with Crippen LogP contribution in [0.1, 0.15) is 70.8 Å². The molecule has 5 heterocycles. The van der Waals surface area contributed by atoms with Crippen LogP contribution in [-0.4, -0.2) is 85.7 Å². The molecule has 12 nitrogen and oxygen atoms in total. The number of amides is 3. The van der Waals surface area contributed by atoms with E-state index >= 15 is 0 Å². The monoisotopic (exact) mass is 571 g/mol. The minimum atomic E-state index is -0.384. The van der Waals surface area contributed by atoms with E-state index in [9.17, 15) is 14.4 Å². The molecule has 218 valence electrons. The van der Waals surface area contributed by atoms with Gasteiger partial charge in [-0.2, -0.15) is 0 Å². The van der Waals surface area contributed by atoms with E-state index in [4.69, 9.17) is 9.15 Å². The van der Waals surface area contributed by atoms with E-state index in [0.717, 1.165) is 11.3 Å². The van der Waals surface area contributed by atoms with Crippen molar-refractivity contribution in [1.29, 1.82) is 0 Å². The Bertz CT molecular complexity index is 1580. The number of hydrogen-bond acceptors (Lipinski definition) is 8. The summed E-state index contributed by atoms with van der Waals surface area (Å²) in [6.45, 7) is 5.22. The summed E-state index contributed by atoms with van der Waals surface area (Å²) in [5, 5.41) is 3.12. The van der Waals surface area contributed by atoms with Crippen LogP contribution in [-0.2, 0) is 4.79 Å². The van der Waals surface area contributed by atoms with Gasteiger partial charge >= 0.3 is 0 Å². The van der Waals surface area contributed by atoms with Gasteiger partial charge < -0.3 is 24.3 Å². The molecule has 2 aliphatic rings. The third kappa shape index (κ3) is 5.56. The molecule has 1 aromatic carbocycles. The van der Waals surface area contributed by atoms with E-state index in [1.54, 1.807) is 34.0 Å². The molecule has 0 unspecified atom stereocenters. The zero-order chi connectivity index (χ0) is 29.2. The van der Waals surface area contributed by atoms with Crippen LogP contribution in [0.2, 0.25) is 0 Å². The lowest BCUT2D eigenvalue weighted by molar-refractivity contribution is -0.122. The standard InChI is InChI=1S/C30H33N7O5/c1-19(2)27-26(32-18-42-27)29(40)35-10-3-4-12-41-21-8-5-7-20(13-21)22-14-37(15-23(22)33-25(38)17-35)28(39)24-16-36-11-6-9-31-30(36)34-24/h5-9,11,13,16,18-19,22-23H,3-4,10,12,14-15,17H2,1-2H3,(H,33,38)/t22-,23+/m1/s1. The van der Waals surface area contributed by atoms with Crippen molar-refractivity contribution in [2.45, 2.75) is 44.6 Å². The van der Waals surface area contributed by atoms with Crippen LogP contribution in [0.25, 0.3) is 5.78 Å². The fourth-order valence-electron chi connectivity index (χ4n) is 5.63. The highest BCUT2D eigenvalue weighted by atomic mass is 16.5. The van der Waals surface area contributed by atoms with Crippen LogP contribution in [0.5, 0.6) is 5.75 Å². The molecule has 12 heteroatoms. The van der Waals surface area contributed by atoms with Crippen molar-refractivity contribution in [1.82, 2.24) is 34.5 Å². The first-order valence-corrected chi connectivity index (χ1v) is 14.2. The van der Waals surface area contributed by atoms with E-state index in [-0.39, 0.29) is 60.1 Å². The highest BCUT2D eigenvalue weighted by Gasteiger charge is 2.39. The first-order valence-electron chi connectivity index (χ1n) is 14.2. The maximum Gasteiger partial charge on any atom is 0.276 e. The zero-order valence-electron chi connectivity index (χ0n) is 23.6. The molecule has 0 spiro atoms. The number of hydrogen-bond donors (Lipinski definition) is 1. The molecule has 2 aliphatic heterocycles. The Hall–Kier alpha value is -4.74. The molecule has 2 bridgehead atoms. The molecule has 0 saturated carbocycles. The van der Waals surface area contributed by atoms with Gasteiger partial charge in [-0.15, -0.1) is 0 Å². The fraction of sp³-hybridized carbons (Fsp3) is 0.400. The number of oxazole rings is 1. The van der Waals surface area contributed by atoms with Gasteiger partial charge in [0.1, 0.15) is 17.2 Å². The predicted octanol–water partition coefficient (Wildman–Crippen LogP) is 2.88. The van der Waals surface area contributed by atoms with Crippen molar-refractivity contribution >= 4 is 23.5 Å². The molecule has 1 fully saturated rings. The molecule has 3 aromatic heterocycles. The quantitative estimate of drug-likeness (QED) is 0.397. The molecule has 4 aromatic rings. The van der Waals surface area contributed by atoms with Crippen LogP contribution in [0, 0.1) is 0 Å². The summed E-state index contributed by atoms with van der Waals surface area (Å²) in [6.07, 6.45) is 7.69. The summed E-state index contributed by atoms with van der Waals surface area (Å²) in [7, 11) is 0. The molecule has 3 amide bonds. The number of ether oxygens (including phenoxy) is 1. The normalized spacial score (nSPS) is 19.7. The third-order valence-electron chi connectivity index (χ3n) is 7.73. The number of rotatable bonds is 3. The van der Waals surface area contributed by atoms with Gasteiger partial charge in [0.2, 0.25) is 11.7 Å². The average molecular weight is 572 g/mol. The van der Waals surface area contributed by atoms with Crippen molar-refractivity contribution in [3.8, 4) is 5.75 Å². The molecular weight excluding hydrogens is 538 g/mol. The maximum absolute atomic E-state index is 13.6. The molecule has 6 rings (SSSR count). The predicted molar refractivity (Wildman–Crippen MR) is 151 cm³/mol. The Labute approximate surface area is 242 Å². The SMILES string of the molecule is CC(C)c1ocnc1C(=O)N1CCCCOc2cccc(c2)[C@H]2CN(C(=O)c3cn4cccnc4n3)C[C@@H]2NC(=O)C1. The van der Waals surface area contributed by atoms with E-state index in [1.165, 1.54) is 11.3 Å². The van der Waals surface area contributed by atoms with Crippen molar-refractivity contribution in [3.05, 3.63) is 78.0 Å². The molecule has 1 saturated heterocycles. The second-order valence-corrected chi connectivity index (χ2v) is 11.0. The number of benzene rings is 1. The van der Waals surface area contributed by atoms with Gasteiger partial charge in [-0.05, 0) is 36.6 Å². The number of nitrogens with zero attached hydrogens (tertiary/aromatic N) is 6. The molecule has 0 radical (unpaired) electrons. The minimum Gasteiger partial charge on any atom is -0.494 e. The molecule has 0 aliphatic carbocycles. The van der Waals surface area contributed by atoms with Crippen molar-refractivity contribution < 1.29 is 23.5 Å². The first kappa shape index (κ1) is 27.4. The van der Waals surface area contributed by atoms with Crippen molar-refractivity contribution in [2.75, 3.05) is 32.8 Å². The van der Waals surface area contributed by atoms with Crippen LogP contribution in [0.15, 0.2) is 59.7 Å². The summed E-state index contributed by atoms with van der Waals surface area (Å²) in [6, 6.07) is 9.18. The summed E-state index contributed by atoms with van der Waals surface area (Å²) < 4.78 is 13.2. The number of nitrogens with one attached hydrogen (secondary N) is 1. The fourth-order valence-corrected chi connectivity index (χ4v) is 5.63. The number of likely N-dealkylation sites (tertiary alicyclic amines) is 1. The molecule has 1 N–H and O–H groups in total. The third-order valence-corrected chi connectivity index (χ3v) is 7.73. The van der Waals surface area contributed by atoms with Crippen LogP contribution in [0.4, 0.5) is 0 Å². The van der Waals surface area contributed by atoms with Gasteiger partial charge in [-0.3, -0.25) is 18.8 Å². The lowest BCUT2D eigenvalue weighted by Crippen LogP contribution is -2.47. The second-order valence-electron chi connectivity index (χ2n) is 11.0. The van der Waals surface area contributed by atoms with E-state index in [1.807, 2.05) is 38.1 Å². The Morgan fingerprint density at radius 3 is 2.79 bits per heavy atom. The lowest BCUT2D eigenvalue weighted by atomic mass is 9.94. The molecule has 2 atom stereocenters. The second kappa shape index (κ2) is 11.6. The number of aromatic nitrogens is 4. The lowest BCUT2D eigenvalue weighted by Gasteiger charge is -2.25. The van der Waals surface area contributed by atoms with Gasteiger partial charge in [-0.1, -0.05) is 26.0 Å². The van der Waals surface area contributed by atoms with Gasteiger partial charge in [0.05, 0.1) is 19.2 Å². The smallest absolute Gasteiger partial charge is 0.276 e. The average Bonchev–Trinajstić information content (AvgIpc) is 3.74. The summed E-state index contributed by atoms with van der Waals surface area (Å²) >= 11 is 0. The van der Waals surface area contributed by atoms with E-state index in [0.29, 0.717) is 44.1 Å². The minimum absolute atomic E-state index is 0.0335. The Morgan fingerprint density at radius 2 is 1.95 bits per heavy atom. The highest BCUT2D eigenvalue weighted by molar-refractivity contribution is 5.96.